The molecule has 0 bridgehead atoms. The maximum Gasteiger partial charge on any atom is 0.254 e. The topological polar surface area (TPSA) is 70.1 Å². The van der Waals surface area contributed by atoms with Crippen molar-refractivity contribution in [3.8, 4) is 6.07 Å². The van der Waals surface area contributed by atoms with Crippen LogP contribution in [0.5, 0.6) is 0 Å². The lowest BCUT2D eigenvalue weighted by molar-refractivity contribution is 0.0494. The van der Waals surface area contributed by atoms with Crippen molar-refractivity contribution in [3.63, 3.8) is 0 Å². The summed E-state index contributed by atoms with van der Waals surface area (Å²) in [5.74, 6) is -0.0141. The number of carbonyl (C=O) groups excluding carboxylic acids is 1. The summed E-state index contributed by atoms with van der Waals surface area (Å²) in [6.45, 7) is 2.56. The maximum absolute atomic E-state index is 12.6. The fourth-order valence-electron chi connectivity index (χ4n) is 2.76. The van der Waals surface area contributed by atoms with Crippen molar-refractivity contribution in [2.75, 3.05) is 6.54 Å². The van der Waals surface area contributed by atoms with Crippen LogP contribution in [0, 0.1) is 11.3 Å². The average Bonchev–Trinajstić information content (AvgIpc) is 2.46. The SMILES string of the molecule is CC1CCCC(CN)N1C(=O)c1cccc(C#N)c1. The van der Waals surface area contributed by atoms with E-state index in [-0.39, 0.29) is 18.0 Å². The van der Waals surface area contributed by atoms with Gasteiger partial charge in [-0.15, -0.1) is 0 Å². The van der Waals surface area contributed by atoms with Crippen molar-refractivity contribution in [2.45, 2.75) is 38.3 Å². The Morgan fingerprint density at radius 2 is 2.32 bits per heavy atom. The van der Waals surface area contributed by atoms with Gasteiger partial charge in [0.05, 0.1) is 11.6 Å². The molecule has 2 rings (SSSR count). The molecule has 19 heavy (non-hydrogen) atoms. The van der Waals surface area contributed by atoms with Crippen LogP contribution >= 0.6 is 0 Å². The van der Waals surface area contributed by atoms with Gasteiger partial charge in [0.25, 0.3) is 5.91 Å². The van der Waals surface area contributed by atoms with Crippen LogP contribution in [0.1, 0.15) is 42.1 Å². The fourth-order valence-corrected chi connectivity index (χ4v) is 2.76. The van der Waals surface area contributed by atoms with Gasteiger partial charge in [0.15, 0.2) is 0 Å². The van der Waals surface area contributed by atoms with Gasteiger partial charge in [0.1, 0.15) is 0 Å². The molecule has 2 atom stereocenters. The van der Waals surface area contributed by atoms with Crippen LogP contribution in [-0.4, -0.2) is 29.4 Å². The summed E-state index contributed by atoms with van der Waals surface area (Å²) in [5.41, 5.74) is 6.87. The van der Waals surface area contributed by atoms with Gasteiger partial charge in [-0.1, -0.05) is 6.07 Å². The quantitative estimate of drug-likeness (QED) is 0.879. The molecule has 1 aliphatic rings. The molecule has 0 aliphatic carbocycles. The third-order valence-electron chi connectivity index (χ3n) is 3.77. The van der Waals surface area contributed by atoms with Crippen LogP contribution in [0.2, 0.25) is 0 Å². The summed E-state index contributed by atoms with van der Waals surface area (Å²) in [7, 11) is 0. The van der Waals surface area contributed by atoms with E-state index in [1.807, 2.05) is 4.90 Å². The van der Waals surface area contributed by atoms with E-state index in [2.05, 4.69) is 13.0 Å². The van der Waals surface area contributed by atoms with Crippen LogP contribution in [0.4, 0.5) is 0 Å². The van der Waals surface area contributed by atoms with Crippen molar-refractivity contribution in [1.82, 2.24) is 4.90 Å². The summed E-state index contributed by atoms with van der Waals surface area (Å²) in [6, 6.07) is 9.25. The number of rotatable bonds is 2. The Labute approximate surface area is 113 Å². The molecule has 2 unspecified atom stereocenters. The molecule has 0 aromatic heterocycles. The molecule has 0 radical (unpaired) electrons. The van der Waals surface area contributed by atoms with Gasteiger partial charge in [-0.2, -0.15) is 5.26 Å². The third-order valence-corrected chi connectivity index (χ3v) is 3.77. The van der Waals surface area contributed by atoms with E-state index in [9.17, 15) is 4.79 Å². The normalized spacial score (nSPS) is 22.9. The minimum absolute atomic E-state index is 0.0141. The Balaban J connectivity index is 2.28. The molecule has 4 heteroatoms. The van der Waals surface area contributed by atoms with Crippen molar-refractivity contribution in [1.29, 1.82) is 5.26 Å². The summed E-state index contributed by atoms with van der Waals surface area (Å²) >= 11 is 0. The lowest BCUT2D eigenvalue weighted by Gasteiger charge is -2.40. The number of nitriles is 1. The molecule has 1 amide bonds. The highest BCUT2D eigenvalue weighted by Crippen LogP contribution is 2.24. The number of piperidine rings is 1. The molecule has 1 heterocycles. The molecular formula is C15H19N3O. The molecular weight excluding hydrogens is 238 g/mol. The molecule has 1 aromatic rings. The molecule has 100 valence electrons. The second-order valence-corrected chi connectivity index (χ2v) is 5.07. The molecule has 0 saturated carbocycles. The molecule has 1 saturated heterocycles. The van der Waals surface area contributed by atoms with Crippen LogP contribution < -0.4 is 5.73 Å². The summed E-state index contributed by atoms with van der Waals surface area (Å²) in [4.78, 5) is 14.5. The van der Waals surface area contributed by atoms with Gasteiger partial charge in [-0.25, -0.2) is 0 Å². The number of nitrogens with two attached hydrogens (primary N) is 1. The van der Waals surface area contributed by atoms with E-state index in [1.54, 1.807) is 24.3 Å². The van der Waals surface area contributed by atoms with E-state index >= 15 is 0 Å². The van der Waals surface area contributed by atoms with Gasteiger partial charge in [0, 0.05) is 24.2 Å². The van der Waals surface area contributed by atoms with E-state index in [1.165, 1.54) is 0 Å². The van der Waals surface area contributed by atoms with E-state index in [0.29, 0.717) is 17.7 Å². The second-order valence-electron chi connectivity index (χ2n) is 5.07. The number of amides is 1. The number of benzene rings is 1. The number of carbonyl (C=O) groups is 1. The minimum atomic E-state index is -0.0141. The first-order valence-electron chi connectivity index (χ1n) is 6.70. The van der Waals surface area contributed by atoms with Gasteiger partial charge < -0.3 is 10.6 Å². The van der Waals surface area contributed by atoms with Gasteiger partial charge in [-0.05, 0) is 44.4 Å². The van der Waals surface area contributed by atoms with Gasteiger partial charge in [0.2, 0.25) is 0 Å². The average molecular weight is 257 g/mol. The number of hydrogen-bond acceptors (Lipinski definition) is 3. The van der Waals surface area contributed by atoms with Gasteiger partial charge >= 0.3 is 0 Å². The first kappa shape index (κ1) is 13.6. The zero-order valence-electron chi connectivity index (χ0n) is 11.2. The van der Waals surface area contributed by atoms with Crippen molar-refractivity contribution >= 4 is 5.91 Å². The lowest BCUT2D eigenvalue weighted by atomic mass is 9.95. The standard InChI is InChI=1S/C15H19N3O/c1-11-4-2-7-14(10-17)18(11)15(19)13-6-3-5-12(8-13)9-16/h3,5-6,8,11,14H,2,4,7,10,17H2,1H3. The zero-order valence-corrected chi connectivity index (χ0v) is 11.2. The predicted octanol–water partition coefficient (Wildman–Crippen LogP) is 1.90. The molecule has 2 N–H and O–H groups in total. The van der Waals surface area contributed by atoms with Crippen molar-refractivity contribution in [2.24, 2.45) is 5.73 Å². The molecule has 1 aliphatic heterocycles. The Hall–Kier alpha value is -1.86. The largest absolute Gasteiger partial charge is 0.332 e. The monoisotopic (exact) mass is 257 g/mol. The summed E-state index contributed by atoms with van der Waals surface area (Å²) in [6.07, 6.45) is 3.09. The lowest BCUT2D eigenvalue weighted by Crippen LogP contribution is -2.51. The summed E-state index contributed by atoms with van der Waals surface area (Å²) in [5, 5.41) is 8.91. The van der Waals surface area contributed by atoms with E-state index < -0.39 is 0 Å². The van der Waals surface area contributed by atoms with Gasteiger partial charge in [-0.3, -0.25) is 4.79 Å². The van der Waals surface area contributed by atoms with E-state index in [0.717, 1.165) is 19.3 Å². The third kappa shape index (κ3) is 2.77. The maximum atomic E-state index is 12.6. The van der Waals surface area contributed by atoms with Crippen LogP contribution in [0.15, 0.2) is 24.3 Å². The number of nitrogens with zero attached hydrogens (tertiary/aromatic N) is 2. The second kappa shape index (κ2) is 5.85. The number of likely N-dealkylation sites (tertiary alicyclic amines) is 1. The highest BCUT2D eigenvalue weighted by Gasteiger charge is 2.31. The minimum Gasteiger partial charge on any atom is -0.332 e. The Kier molecular flexibility index (Phi) is 4.18. The Bertz CT molecular complexity index is 506. The smallest absolute Gasteiger partial charge is 0.254 e. The van der Waals surface area contributed by atoms with Crippen molar-refractivity contribution < 1.29 is 4.79 Å². The highest BCUT2D eigenvalue weighted by molar-refractivity contribution is 5.95. The first-order chi connectivity index (χ1) is 9.17. The highest BCUT2D eigenvalue weighted by atomic mass is 16.2. The van der Waals surface area contributed by atoms with Crippen LogP contribution in [0.25, 0.3) is 0 Å². The molecule has 1 aromatic carbocycles. The number of hydrogen-bond donors (Lipinski definition) is 1. The van der Waals surface area contributed by atoms with Crippen LogP contribution in [0.3, 0.4) is 0 Å². The van der Waals surface area contributed by atoms with Crippen molar-refractivity contribution in [3.05, 3.63) is 35.4 Å². The predicted molar refractivity (Wildman–Crippen MR) is 73.5 cm³/mol. The summed E-state index contributed by atoms with van der Waals surface area (Å²) < 4.78 is 0. The van der Waals surface area contributed by atoms with Crippen LogP contribution in [-0.2, 0) is 0 Å². The van der Waals surface area contributed by atoms with E-state index in [4.69, 9.17) is 11.0 Å². The molecule has 4 nitrogen and oxygen atoms in total. The fraction of sp³-hybridized carbons (Fsp3) is 0.467. The first-order valence-corrected chi connectivity index (χ1v) is 6.70. The Morgan fingerprint density at radius 3 is 3.00 bits per heavy atom. The Morgan fingerprint density at radius 1 is 1.53 bits per heavy atom. The zero-order chi connectivity index (χ0) is 13.8. The molecule has 1 fully saturated rings. The molecule has 0 spiro atoms.